The SMILES string of the molecule is [B]C(=O)ON(OC([B])=O)c1ccc(CCC(C=O)(CC)CCCC)c(Cc2ccccc2)c1. The van der Waals surface area contributed by atoms with Gasteiger partial charge in [0.25, 0.3) is 11.7 Å². The molecule has 0 fully saturated rings. The molecule has 0 saturated heterocycles. The van der Waals surface area contributed by atoms with Crippen molar-refractivity contribution in [2.24, 2.45) is 5.41 Å². The van der Waals surface area contributed by atoms with Gasteiger partial charge in [0.2, 0.25) is 15.7 Å². The van der Waals surface area contributed by atoms with Crippen LogP contribution in [0.25, 0.3) is 0 Å². The van der Waals surface area contributed by atoms with Crippen LogP contribution >= 0.6 is 0 Å². The number of carbonyl (C=O) groups excluding carboxylic acids is 3. The third-order valence-electron chi connectivity index (χ3n) is 5.86. The molecule has 0 amide bonds. The van der Waals surface area contributed by atoms with Crippen LogP contribution in [0.15, 0.2) is 48.5 Å². The minimum Gasteiger partial charge on any atom is -0.320 e. The molecule has 2 aromatic carbocycles. The lowest BCUT2D eigenvalue weighted by atomic mass is 9.76. The van der Waals surface area contributed by atoms with Crippen LogP contribution in [0.3, 0.4) is 0 Å². The second-order valence-electron chi connectivity index (χ2n) is 8.13. The zero-order chi connectivity index (χ0) is 24.3. The van der Waals surface area contributed by atoms with Crippen LogP contribution in [0.5, 0.6) is 0 Å². The fraction of sp³-hybridized carbons (Fsp3) is 0.400. The predicted octanol–water partition coefficient (Wildman–Crippen LogP) is 5.24. The Balaban J connectivity index is 2.39. The normalized spacial score (nSPS) is 12.4. The number of unbranched alkanes of at least 4 members (excludes halogenated alkanes) is 1. The molecule has 0 aliphatic carbocycles. The second kappa shape index (κ2) is 12.9. The lowest BCUT2D eigenvalue weighted by Crippen LogP contribution is -2.29. The van der Waals surface area contributed by atoms with Gasteiger partial charge in [-0.3, -0.25) is 9.59 Å². The number of hydrogen-bond donors (Lipinski definition) is 0. The smallest absolute Gasteiger partial charge is 0.269 e. The first-order valence-electron chi connectivity index (χ1n) is 11.2. The Morgan fingerprint density at radius 1 is 0.970 bits per heavy atom. The van der Waals surface area contributed by atoms with Gasteiger partial charge in [0, 0.05) is 5.41 Å². The number of hydrogen-bond acceptors (Lipinski definition) is 6. The molecule has 170 valence electrons. The van der Waals surface area contributed by atoms with E-state index in [-0.39, 0.29) is 11.1 Å². The van der Waals surface area contributed by atoms with E-state index in [0.29, 0.717) is 18.1 Å². The number of aldehydes is 1. The lowest BCUT2D eigenvalue weighted by Gasteiger charge is -2.27. The lowest BCUT2D eigenvalue weighted by molar-refractivity contribution is -0.117. The molecule has 0 saturated carbocycles. The summed E-state index contributed by atoms with van der Waals surface area (Å²) < 4.78 is 0. The van der Waals surface area contributed by atoms with Gasteiger partial charge in [0.15, 0.2) is 0 Å². The van der Waals surface area contributed by atoms with E-state index >= 15 is 0 Å². The van der Waals surface area contributed by atoms with E-state index in [0.717, 1.165) is 55.1 Å². The summed E-state index contributed by atoms with van der Waals surface area (Å²) >= 11 is 0. The molecular weight excluding hydrogens is 416 g/mol. The minimum atomic E-state index is -1.15. The van der Waals surface area contributed by atoms with Crippen LogP contribution < -0.4 is 5.23 Å². The van der Waals surface area contributed by atoms with Gasteiger partial charge in [-0.15, -0.1) is 0 Å². The first-order chi connectivity index (χ1) is 15.8. The standard InChI is InChI=1S/C25H29B2NO5/c1-3-5-14-25(4-2,18-29)15-13-20-11-12-22(28(32-23(26)30)33-24(27)31)17-21(20)16-19-9-7-6-8-10-19/h6-12,17-18H,3-5,13-16H2,1-2H3. The summed E-state index contributed by atoms with van der Waals surface area (Å²) in [7, 11) is 10.2. The maximum Gasteiger partial charge on any atom is 0.269 e. The summed E-state index contributed by atoms with van der Waals surface area (Å²) in [4.78, 5) is 44.1. The first-order valence-corrected chi connectivity index (χ1v) is 11.2. The quantitative estimate of drug-likeness (QED) is 0.239. The van der Waals surface area contributed by atoms with Crippen molar-refractivity contribution in [3.05, 3.63) is 65.2 Å². The molecule has 1 unspecified atom stereocenters. The molecule has 0 spiro atoms. The highest BCUT2D eigenvalue weighted by molar-refractivity contribution is 6.55. The van der Waals surface area contributed by atoms with E-state index in [1.165, 1.54) is 0 Å². The molecule has 33 heavy (non-hydrogen) atoms. The summed E-state index contributed by atoms with van der Waals surface area (Å²) in [5.41, 5.74) is 3.00. The topological polar surface area (TPSA) is 72.9 Å². The van der Waals surface area contributed by atoms with Crippen molar-refractivity contribution in [3.8, 4) is 0 Å². The Morgan fingerprint density at radius 3 is 2.18 bits per heavy atom. The molecule has 4 radical (unpaired) electrons. The van der Waals surface area contributed by atoms with Gasteiger partial charge in [-0.05, 0) is 66.2 Å². The summed E-state index contributed by atoms with van der Waals surface area (Å²) in [5, 5.41) is 0.603. The van der Waals surface area contributed by atoms with Crippen molar-refractivity contribution < 1.29 is 24.1 Å². The van der Waals surface area contributed by atoms with Crippen molar-refractivity contribution in [1.82, 2.24) is 0 Å². The minimum absolute atomic E-state index is 0.283. The second-order valence-corrected chi connectivity index (χ2v) is 8.13. The van der Waals surface area contributed by atoms with Gasteiger partial charge >= 0.3 is 0 Å². The summed E-state index contributed by atoms with van der Waals surface area (Å²) in [5.74, 6) is -2.31. The highest BCUT2D eigenvalue weighted by Crippen LogP contribution is 2.33. The largest absolute Gasteiger partial charge is 0.320 e. The molecule has 2 aromatic rings. The molecule has 0 aliphatic rings. The van der Waals surface area contributed by atoms with Crippen LogP contribution in [-0.4, -0.2) is 33.7 Å². The highest BCUT2D eigenvalue weighted by atomic mass is 17.0. The molecular formula is C25H29B2NO5. The third kappa shape index (κ3) is 8.12. The Morgan fingerprint density at radius 2 is 1.64 bits per heavy atom. The van der Waals surface area contributed by atoms with Crippen molar-refractivity contribution in [2.75, 3.05) is 5.23 Å². The van der Waals surface area contributed by atoms with Crippen LogP contribution in [0.1, 0.15) is 62.6 Å². The van der Waals surface area contributed by atoms with E-state index in [9.17, 15) is 14.4 Å². The average molecular weight is 445 g/mol. The zero-order valence-corrected chi connectivity index (χ0v) is 19.3. The number of carbonyl (C=O) groups is 3. The van der Waals surface area contributed by atoms with E-state index in [2.05, 4.69) is 13.8 Å². The summed E-state index contributed by atoms with van der Waals surface area (Å²) in [6.07, 6.45) is 6.83. The number of rotatable bonds is 13. The fourth-order valence-electron chi connectivity index (χ4n) is 3.83. The van der Waals surface area contributed by atoms with E-state index in [1.54, 1.807) is 12.1 Å². The number of nitrogens with zero attached hydrogens (tertiary/aromatic N) is 1. The summed E-state index contributed by atoms with van der Waals surface area (Å²) in [6.45, 7) is 4.17. The number of aryl methyl sites for hydroxylation is 1. The molecule has 6 nitrogen and oxygen atoms in total. The summed E-state index contributed by atoms with van der Waals surface area (Å²) in [6, 6.07) is 15.2. The van der Waals surface area contributed by atoms with E-state index in [1.807, 2.05) is 36.4 Å². The van der Waals surface area contributed by atoms with Gasteiger partial charge < -0.3 is 14.5 Å². The molecule has 1 atom stereocenters. The zero-order valence-electron chi connectivity index (χ0n) is 19.3. The Hall–Kier alpha value is -3.02. The Bertz CT molecular complexity index is 922. The Labute approximate surface area is 198 Å². The molecule has 8 heteroatoms. The van der Waals surface area contributed by atoms with Crippen molar-refractivity contribution >= 4 is 39.4 Å². The number of benzene rings is 2. The molecule has 2 rings (SSSR count). The molecule has 0 bridgehead atoms. The van der Waals surface area contributed by atoms with Crippen LogP contribution in [-0.2, 0) is 27.3 Å². The van der Waals surface area contributed by atoms with E-state index < -0.39 is 11.7 Å². The molecule has 0 heterocycles. The van der Waals surface area contributed by atoms with Crippen LogP contribution in [0.4, 0.5) is 15.3 Å². The maximum absolute atomic E-state index is 12.0. The van der Waals surface area contributed by atoms with Gasteiger partial charge in [0.05, 0.1) is 0 Å². The van der Waals surface area contributed by atoms with Crippen molar-refractivity contribution in [1.29, 1.82) is 0 Å². The average Bonchev–Trinajstić information content (AvgIpc) is 2.80. The van der Waals surface area contributed by atoms with Gasteiger partial charge in [0.1, 0.15) is 12.0 Å². The fourth-order valence-corrected chi connectivity index (χ4v) is 3.83. The molecule has 0 aliphatic heterocycles. The maximum atomic E-state index is 12.0. The molecule has 0 aromatic heterocycles. The van der Waals surface area contributed by atoms with Crippen molar-refractivity contribution in [3.63, 3.8) is 0 Å². The van der Waals surface area contributed by atoms with E-state index in [4.69, 9.17) is 25.4 Å². The van der Waals surface area contributed by atoms with Gasteiger partial charge in [-0.2, -0.15) is 0 Å². The van der Waals surface area contributed by atoms with Gasteiger partial charge in [-0.1, -0.05) is 63.1 Å². The monoisotopic (exact) mass is 445 g/mol. The Kier molecular flexibility index (Phi) is 10.2. The van der Waals surface area contributed by atoms with Crippen molar-refractivity contribution in [2.45, 2.75) is 58.8 Å². The molecule has 0 N–H and O–H groups in total. The van der Waals surface area contributed by atoms with Gasteiger partial charge in [-0.25, -0.2) is 0 Å². The van der Waals surface area contributed by atoms with Crippen LogP contribution in [0.2, 0.25) is 0 Å². The highest BCUT2D eigenvalue weighted by Gasteiger charge is 2.27. The third-order valence-corrected chi connectivity index (χ3v) is 5.86. The number of anilines is 1. The first kappa shape index (κ1) is 26.2. The van der Waals surface area contributed by atoms with Crippen LogP contribution in [0, 0.1) is 5.41 Å². The predicted molar refractivity (Wildman–Crippen MR) is 129 cm³/mol.